The quantitative estimate of drug-likeness (QED) is 0.479. The molecule has 0 aliphatic carbocycles. The first-order valence-electron chi connectivity index (χ1n) is 8.48. The third kappa shape index (κ3) is 6.12. The van der Waals surface area contributed by atoms with E-state index >= 15 is 0 Å². The van der Waals surface area contributed by atoms with Gasteiger partial charge in [0.2, 0.25) is 0 Å². The molecule has 5 atom stereocenters. The summed E-state index contributed by atoms with van der Waals surface area (Å²) in [4.78, 5) is 12.8. The van der Waals surface area contributed by atoms with E-state index in [1.54, 1.807) is 20.8 Å². The van der Waals surface area contributed by atoms with Gasteiger partial charge in [0.25, 0.3) is 0 Å². The Bertz CT molecular complexity index is 516. The molecule has 0 bridgehead atoms. The van der Waals surface area contributed by atoms with Crippen molar-refractivity contribution in [2.75, 3.05) is 13.7 Å². The van der Waals surface area contributed by atoms with Crippen molar-refractivity contribution < 1.29 is 23.9 Å². The summed E-state index contributed by atoms with van der Waals surface area (Å²) in [5.74, 6) is -0.830. The Kier molecular flexibility index (Phi) is 9.19. The standard InChI is InChI=1S/C19H31O5P/c1-13(11-23-12-15-9-7-6-8-10-15)16(20)14(2)17(21)19(3,4)18(22-5)24-25/h6-10,13-14,16,18,20H,11-12,25H2,1-5H3/t13-,14+,16-,18?/m0/s1. The van der Waals surface area contributed by atoms with Gasteiger partial charge < -0.3 is 19.1 Å². The first-order chi connectivity index (χ1) is 11.8. The molecule has 0 aliphatic heterocycles. The topological polar surface area (TPSA) is 65.0 Å². The molecule has 5 nitrogen and oxygen atoms in total. The van der Waals surface area contributed by atoms with Crippen LogP contribution in [0.3, 0.4) is 0 Å². The molecule has 2 unspecified atom stereocenters. The Morgan fingerprint density at radius 1 is 1.24 bits per heavy atom. The minimum Gasteiger partial charge on any atom is -0.392 e. The smallest absolute Gasteiger partial charge is 0.172 e. The molecule has 0 saturated carbocycles. The molecule has 25 heavy (non-hydrogen) atoms. The van der Waals surface area contributed by atoms with Gasteiger partial charge in [0, 0.05) is 28.4 Å². The first kappa shape index (κ1) is 22.2. The highest BCUT2D eigenvalue weighted by Gasteiger charge is 2.42. The largest absolute Gasteiger partial charge is 0.392 e. The number of carbonyl (C=O) groups excluding carboxylic acids is 1. The van der Waals surface area contributed by atoms with Crippen LogP contribution in [0.15, 0.2) is 30.3 Å². The predicted octanol–water partition coefficient (Wildman–Crippen LogP) is 3.21. The Balaban J connectivity index is 2.58. The maximum absolute atomic E-state index is 12.8. The highest BCUT2D eigenvalue weighted by molar-refractivity contribution is 7.09. The fourth-order valence-corrected chi connectivity index (χ4v) is 3.36. The molecule has 1 rings (SSSR count). The van der Waals surface area contributed by atoms with Crippen molar-refractivity contribution in [3.63, 3.8) is 0 Å². The van der Waals surface area contributed by atoms with Gasteiger partial charge in [-0.3, -0.25) is 4.79 Å². The summed E-state index contributed by atoms with van der Waals surface area (Å²) in [6.07, 6.45) is -1.49. The summed E-state index contributed by atoms with van der Waals surface area (Å²) in [5.41, 5.74) is 0.205. The number of ether oxygens (including phenoxy) is 2. The molecule has 0 aromatic heterocycles. The van der Waals surface area contributed by atoms with E-state index in [-0.39, 0.29) is 11.7 Å². The van der Waals surface area contributed by atoms with Crippen molar-refractivity contribution in [1.29, 1.82) is 0 Å². The second-order valence-corrected chi connectivity index (χ2v) is 7.32. The van der Waals surface area contributed by atoms with E-state index in [1.165, 1.54) is 7.11 Å². The molecule has 0 saturated heterocycles. The van der Waals surface area contributed by atoms with E-state index in [1.807, 2.05) is 37.3 Å². The summed E-state index contributed by atoms with van der Waals surface area (Å²) >= 11 is 0. The maximum Gasteiger partial charge on any atom is 0.172 e. The van der Waals surface area contributed by atoms with Crippen LogP contribution in [-0.4, -0.2) is 37.0 Å². The number of Topliss-reactive ketones (excluding diaryl/α,β-unsaturated/α-hetero) is 1. The predicted molar refractivity (Wildman–Crippen MR) is 101 cm³/mol. The molecular formula is C19H31O5P. The molecule has 6 heteroatoms. The lowest BCUT2D eigenvalue weighted by atomic mass is 9.77. The fourth-order valence-electron chi connectivity index (χ4n) is 2.91. The number of benzene rings is 1. The lowest BCUT2D eigenvalue weighted by Gasteiger charge is -2.35. The summed E-state index contributed by atoms with van der Waals surface area (Å²) in [7, 11) is 3.61. The van der Waals surface area contributed by atoms with Gasteiger partial charge in [-0.05, 0) is 19.4 Å². The van der Waals surface area contributed by atoms with E-state index < -0.39 is 23.7 Å². The summed E-state index contributed by atoms with van der Waals surface area (Å²) in [5, 5.41) is 10.6. The lowest BCUT2D eigenvalue weighted by Crippen LogP contribution is -2.46. The molecule has 0 radical (unpaired) electrons. The summed E-state index contributed by atoms with van der Waals surface area (Å²) in [6.45, 7) is 7.99. The van der Waals surface area contributed by atoms with Crippen molar-refractivity contribution >= 4 is 15.2 Å². The van der Waals surface area contributed by atoms with E-state index in [4.69, 9.17) is 14.0 Å². The van der Waals surface area contributed by atoms with Crippen molar-refractivity contribution in [2.45, 2.75) is 46.7 Å². The van der Waals surface area contributed by atoms with Gasteiger partial charge in [-0.15, -0.1) is 0 Å². The highest BCUT2D eigenvalue weighted by atomic mass is 31.0. The SMILES string of the molecule is COC(OP)C(C)(C)C(=O)[C@H](C)[C@@H](O)[C@@H](C)COCc1ccccc1. The molecule has 1 aromatic rings. The van der Waals surface area contributed by atoms with Crippen LogP contribution in [0, 0.1) is 17.3 Å². The number of ketones is 1. The minimum absolute atomic E-state index is 0.107. The number of methoxy groups -OCH3 is 1. The number of rotatable bonds is 11. The highest BCUT2D eigenvalue weighted by Crippen LogP contribution is 2.32. The minimum atomic E-state index is -0.873. The molecule has 0 amide bonds. The number of aliphatic hydroxyl groups is 1. The Morgan fingerprint density at radius 3 is 2.36 bits per heavy atom. The number of hydrogen-bond donors (Lipinski definition) is 1. The van der Waals surface area contributed by atoms with Gasteiger partial charge >= 0.3 is 0 Å². The Hall–Kier alpha value is -0.840. The van der Waals surface area contributed by atoms with Crippen LogP contribution in [0.1, 0.15) is 33.3 Å². The molecule has 0 aliphatic rings. The second kappa shape index (κ2) is 10.3. The van der Waals surface area contributed by atoms with Crippen molar-refractivity contribution in [3.8, 4) is 0 Å². The fraction of sp³-hybridized carbons (Fsp3) is 0.632. The van der Waals surface area contributed by atoms with Crippen LogP contribution in [-0.2, 0) is 25.4 Å². The molecular weight excluding hydrogens is 339 g/mol. The molecule has 1 aromatic carbocycles. The van der Waals surface area contributed by atoms with Gasteiger partial charge in [-0.1, -0.05) is 44.2 Å². The molecule has 1 N–H and O–H groups in total. The first-order valence-corrected chi connectivity index (χ1v) is 8.95. The van der Waals surface area contributed by atoms with Crippen LogP contribution in [0.25, 0.3) is 0 Å². The maximum atomic E-state index is 12.8. The average Bonchev–Trinajstić information content (AvgIpc) is 2.61. The normalized spacial score (nSPS) is 16.9. The van der Waals surface area contributed by atoms with Crippen LogP contribution >= 0.6 is 9.47 Å². The van der Waals surface area contributed by atoms with Crippen molar-refractivity contribution in [2.24, 2.45) is 17.3 Å². The lowest BCUT2D eigenvalue weighted by molar-refractivity contribution is -0.162. The van der Waals surface area contributed by atoms with Crippen molar-refractivity contribution in [1.82, 2.24) is 0 Å². The molecule has 0 heterocycles. The van der Waals surface area contributed by atoms with E-state index in [2.05, 4.69) is 9.47 Å². The van der Waals surface area contributed by atoms with E-state index in [9.17, 15) is 9.90 Å². The van der Waals surface area contributed by atoms with E-state index in [0.29, 0.717) is 13.2 Å². The third-order valence-corrected chi connectivity index (χ3v) is 4.81. The monoisotopic (exact) mass is 370 g/mol. The number of carbonyl (C=O) groups is 1. The Morgan fingerprint density at radius 2 is 1.84 bits per heavy atom. The zero-order valence-electron chi connectivity index (χ0n) is 15.8. The van der Waals surface area contributed by atoms with Crippen molar-refractivity contribution in [3.05, 3.63) is 35.9 Å². The van der Waals surface area contributed by atoms with Crippen LogP contribution in [0.4, 0.5) is 0 Å². The van der Waals surface area contributed by atoms with E-state index in [0.717, 1.165) is 5.56 Å². The van der Waals surface area contributed by atoms with Gasteiger partial charge in [0.15, 0.2) is 6.29 Å². The van der Waals surface area contributed by atoms with Gasteiger partial charge in [0.05, 0.1) is 24.7 Å². The van der Waals surface area contributed by atoms with Gasteiger partial charge in [-0.2, -0.15) is 0 Å². The zero-order chi connectivity index (χ0) is 19.0. The van der Waals surface area contributed by atoms with Crippen LogP contribution in [0.2, 0.25) is 0 Å². The number of aliphatic hydroxyl groups excluding tert-OH is 1. The van der Waals surface area contributed by atoms with Gasteiger partial charge in [-0.25, -0.2) is 0 Å². The van der Waals surface area contributed by atoms with Gasteiger partial charge in [0.1, 0.15) is 5.78 Å². The number of hydrogen-bond acceptors (Lipinski definition) is 5. The summed E-state index contributed by atoms with van der Waals surface area (Å²) < 4.78 is 16.1. The van der Waals surface area contributed by atoms with Crippen LogP contribution < -0.4 is 0 Å². The molecule has 142 valence electrons. The average molecular weight is 370 g/mol. The zero-order valence-corrected chi connectivity index (χ0v) is 16.9. The third-order valence-electron chi connectivity index (χ3n) is 4.56. The van der Waals surface area contributed by atoms with Crippen LogP contribution in [0.5, 0.6) is 0 Å². The second-order valence-electron chi connectivity index (χ2n) is 7.05. The summed E-state index contributed by atoms with van der Waals surface area (Å²) in [6, 6.07) is 9.85. The molecule has 0 spiro atoms. The molecule has 0 fully saturated rings. The Labute approximate surface area is 153 Å².